The van der Waals surface area contributed by atoms with Crippen molar-refractivity contribution in [3.63, 3.8) is 0 Å². The lowest BCUT2D eigenvalue weighted by molar-refractivity contribution is 0.0449. The van der Waals surface area contributed by atoms with Crippen LogP contribution in [0.5, 0.6) is 5.75 Å². The van der Waals surface area contributed by atoms with Crippen molar-refractivity contribution in [2.24, 2.45) is 0 Å². The fourth-order valence-corrected chi connectivity index (χ4v) is 1.63. The lowest BCUT2D eigenvalue weighted by atomic mass is 10.3. The number of thiol groups is 2. The largest absolute Gasteiger partial charge is 0.486 e. The summed E-state index contributed by atoms with van der Waals surface area (Å²) in [5.41, 5.74) is -0.556. The second-order valence-electron chi connectivity index (χ2n) is 3.91. The molecule has 20 heavy (non-hydrogen) atoms. The van der Waals surface area contributed by atoms with Gasteiger partial charge in [0.05, 0.1) is 0 Å². The molecule has 0 aliphatic rings. The lowest BCUT2D eigenvalue weighted by Gasteiger charge is -2.07. The van der Waals surface area contributed by atoms with Crippen LogP contribution in [-0.2, 0) is 11.3 Å². The number of para-hydroxylation sites is 1. The number of ether oxygens (including phenoxy) is 2. The zero-order valence-corrected chi connectivity index (χ0v) is 12.3. The zero-order valence-electron chi connectivity index (χ0n) is 10.6. The molecular formula is C14H14O4S2. The third-order valence-corrected chi connectivity index (χ3v) is 3.29. The van der Waals surface area contributed by atoms with Crippen molar-refractivity contribution in [3.05, 3.63) is 54.0 Å². The molecule has 2 rings (SSSR count). The third kappa shape index (κ3) is 4.25. The van der Waals surface area contributed by atoms with Crippen molar-refractivity contribution in [2.45, 2.75) is 12.0 Å². The second kappa shape index (κ2) is 7.31. The van der Waals surface area contributed by atoms with Crippen molar-refractivity contribution >= 4 is 31.2 Å². The van der Waals surface area contributed by atoms with Gasteiger partial charge in [0.2, 0.25) is 5.76 Å². The van der Waals surface area contributed by atoms with Crippen LogP contribution in [0.4, 0.5) is 0 Å². The minimum Gasteiger partial charge on any atom is -0.486 e. The Balaban J connectivity index is 1.90. The van der Waals surface area contributed by atoms with E-state index in [1.54, 1.807) is 12.1 Å². The van der Waals surface area contributed by atoms with Gasteiger partial charge >= 0.3 is 5.97 Å². The van der Waals surface area contributed by atoms with Crippen LogP contribution in [0.15, 0.2) is 46.9 Å². The number of carbonyl (C=O) groups is 1. The van der Waals surface area contributed by atoms with E-state index in [0.29, 0.717) is 11.5 Å². The quantitative estimate of drug-likeness (QED) is 0.489. The normalized spacial score (nSPS) is 11.9. The molecule has 0 N–H and O–H groups in total. The average molecular weight is 310 g/mol. The Bertz CT molecular complexity index is 553. The minimum atomic E-state index is -0.565. The Morgan fingerprint density at radius 2 is 1.95 bits per heavy atom. The number of rotatable bonds is 6. The molecule has 1 aromatic carbocycles. The van der Waals surface area contributed by atoms with Crippen LogP contribution in [0.3, 0.4) is 0 Å². The number of hydrogen-bond acceptors (Lipinski definition) is 6. The maximum absolute atomic E-state index is 11.7. The van der Waals surface area contributed by atoms with Crippen LogP contribution < -0.4 is 4.74 Å². The summed E-state index contributed by atoms with van der Waals surface area (Å²) in [6.45, 7) is 0.244. The molecule has 0 fully saturated rings. The molecule has 1 aromatic heterocycles. The number of furan rings is 1. The molecule has 0 bridgehead atoms. The fourth-order valence-electron chi connectivity index (χ4n) is 1.46. The molecule has 2 aromatic rings. The second-order valence-corrected chi connectivity index (χ2v) is 4.85. The molecule has 0 radical (unpaired) electrons. The summed E-state index contributed by atoms with van der Waals surface area (Å²) < 4.78 is 15.8. The van der Waals surface area contributed by atoms with Crippen LogP contribution in [0.1, 0.15) is 16.3 Å². The van der Waals surface area contributed by atoms with Crippen molar-refractivity contribution < 1.29 is 18.7 Å². The van der Waals surface area contributed by atoms with Gasteiger partial charge in [0.1, 0.15) is 18.1 Å². The van der Waals surface area contributed by atoms with Gasteiger partial charge in [0, 0.05) is 5.75 Å². The van der Waals surface area contributed by atoms with Crippen molar-refractivity contribution in [2.75, 3.05) is 5.75 Å². The first-order valence-corrected chi connectivity index (χ1v) is 7.10. The van der Waals surface area contributed by atoms with E-state index in [-0.39, 0.29) is 12.4 Å². The summed E-state index contributed by atoms with van der Waals surface area (Å²) in [5.74, 6) is 1.17. The first-order valence-electron chi connectivity index (χ1n) is 5.95. The van der Waals surface area contributed by atoms with Gasteiger partial charge in [-0.05, 0) is 24.3 Å². The summed E-state index contributed by atoms with van der Waals surface area (Å²) in [4.78, 5) is 11.7. The first-order chi connectivity index (χ1) is 9.69. The number of esters is 1. The Morgan fingerprint density at radius 3 is 2.65 bits per heavy atom. The summed E-state index contributed by atoms with van der Waals surface area (Å²) in [5, 5.41) is 0. The maximum atomic E-state index is 11.7. The van der Waals surface area contributed by atoms with E-state index in [1.165, 1.54) is 0 Å². The van der Waals surface area contributed by atoms with Crippen molar-refractivity contribution in [1.82, 2.24) is 0 Å². The van der Waals surface area contributed by atoms with E-state index >= 15 is 0 Å². The topological polar surface area (TPSA) is 48.7 Å². The van der Waals surface area contributed by atoms with E-state index in [9.17, 15) is 4.79 Å². The van der Waals surface area contributed by atoms with Crippen LogP contribution in [0, 0.1) is 0 Å². The minimum absolute atomic E-state index is 0.123. The number of hydrogen-bond donors (Lipinski definition) is 2. The predicted molar refractivity (Wildman–Crippen MR) is 81.5 cm³/mol. The predicted octanol–water partition coefficient (Wildman–Crippen LogP) is 3.20. The first kappa shape index (κ1) is 14.9. The molecule has 0 spiro atoms. The summed E-state index contributed by atoms with van der Waals surface area (Å²) in [6, 6.07) is 12.6. The molecule has 0 saturated heterocycles. The molecule has 106 valence electrons. The van der Waals surface area contributed by atoms with Gasteiger partial charge in [0.15, 0.2) is 5.44 Å². The SMILES string of the molecule is O=C(OC(S)CS)c1ccc(COc2ccccc2)o1. The van der Waals surface area contributed by atoms with Crippen LogP contribution in [0.2, 0.25) is 0 Å². The van der Waals surface area contributed by atoms with Gasteiger partial charge in [-0.15, -0.1) is 12.6 Å². The molecule has 0 amide bonds. The highest BCUT2D eigenvalue weighted by atomic mass is 32.1. The van der Waals surface area contributed by atoms with Gasteiger partial charge < -0.3 is 13.9 Å². The highest BCUT2D eigenvalue weighted by molar-refractivity contribution is 7.84. The lowest BCUT2D eigenvalue weighted by Crippen LogP contribution is -2.13. The highest BCUT2D eigenvalue weighted by Crippen LogP contribution is 2.15. The van der Waals surface area contributed by atoms with Crippen molar-refractivity contribution in [1.29, 1.82) is 0 Å². The average Bonchev–Trinajstić information content (AvgIpc) is 2.95. The van der Waals surface area contributed by atoms with Gasteiger partial charge in [-0.25, -0.2) is 4.79 Å². The Kier molecular flexibility index (Phi) is 5.43. The standard InChI is InChI=1S/C14H14O4S2/c15-14(18-13(20)9-19)12-7-6-11(17-12)8-16-10-4-2-1-3-5-10/h1-7,13,19-20H,8-9H2. The number of benzene rings is 1. The summed E-state index contributed by atoms with van der Waals surface area (Å²) >= 11 is 8.01. The highest BCUT2D eigenvalue weighted by Gasteiger charge is 2.15. The summed E-state index contributed by atoms with van der Waals surface area (Å²) in [6.07, 6.45) is 0. The molecule has 1 unspecified atom stereocenters. The molecule has 4 nitrogen and oxygen atoms in total. The van der Waals surface area contributed by atoms with Crippen molar-refractivity contribution in [3.8, 4) is 5.75 Å². The fraction of sp³-hybridized carbons (Fsp3) is 0.214. The van der Waals surface area contributed by atoms with Gasteiger partial charge in [0.25, 0.3) is 0 Å². The molecule has 6 heteroatoms. The summed E-state index contributed by atoms with van der Waals surface area (Å²) in [7, 11) is 0. The van der Waals surface area contributed by atoms with Crippen LogP contribution in [-0.4, -0.2) is 17.2 Å². The van der Waals surface area contributed by atoms with E-state index in [0.717, 1.165) is 5.75 Å². The molecule has 1 heterocycles. The molecule has 0 aliphatic heterocycles. The van der Waals surface area contributed by atoms with E-state index in [4.69, 9.17) is 13.9 Å². The number of carbonyl (C=O) groups excluding carboxylic acids is 1. The van der Waals surface area contributed by atoms with Gasteiger partial charge in [-0.2, -0.15) is 12.6 Å². The molecular weight excluding hydrogens is 296 g/mol. The van der Waals surface area contributed by atoms with Crippen LogP contribution >= 0.6 is 25.3 Å². The maximum Gasteiger partial charge on any atom is 0.375 e. The van der Waals surface area contributed by atoms with E-state index < -0.39 is 11.4 Å². The third-order valence-electron chi connectivity index (χ3n) is 2.39. The Labute approximate surface area is 127 Å². The molecule has 0 saturated carbocycles. The zero-order chi connectivity index (χ0) is 14.4. The van der Waals surface area contributed by atoms with Gasteiger partial charge in [-0.1, -0.05) is 18.2 Å². The molecule has 0 aliphatic carbocycles. The van der Waals surface area contributed by atoms with Gasteiger partial charge in [-0.3, -0.25) is 0 Å². The Morgan fingerprint density at radius 1 is 1.20 bits per heavy atom. The van der Waals surface area contributed by atoms with Crippen LogP contribution in [0.25, 0.3) is 0 Å². The molecule has 1 atom stereocenters. The smallest absolute Gasteiger partial charge is 0.375 e. The van der Waals surface area contributed by atoms with E-state index in [1.807, 2.05) is 30.3 Å². The van der Waals surface area contributed by atoms with E-state index in [2.05, 4.69) is 25.3 Å². The Hall–Kier alpha value is -1.53. The monoisotopic (exact) mass is 310 g/mol.